The highest BCUT2D eigenvalue weighted by molar-refractivity contribution is 6.00. The number of urea groups is 1. The van der Waals surface area contributed by atoms with Crippen LogP contribution in [0, 0.1) is 0 Å². The Balaban J connectivity index is 1.94. The second kappa shape index (κ2) is 8.89. The lowest BCUT2D eigenvalue weighted by atomic mass is 10.0. The first-order valence-corrected chi connectivity index (χ1v) is 8.42. The van der Waals surface area contributed by atoms with Crippen molar-refractivity contribution < 1.29 is 19.1 Å². The van der Waals surface area contributed by atoms with Gasteiger partial charge in [0.2, 0.25) is 0 Å². The highest BCUT2D eigenvalue weighted by Crippen LogP contribution is 2.19. The van der Waals surface area contributed by atoms with Gasteiger partial charge in [-0.2, -0.15) is 0 Å². The first-order valence-electron chi connectivity index (χ1n) is 8.42. The Morgan fingerprint density at radius 3 is 2.23 bits per heavy atom. The number of methoxy groups -OCH3 is 1. The molecule has 0 aliphatic heterocycles. The molecule has 0 aliphatic carbocycles. The molecule has 0 heterocycles. The Labute approximate surface area is 153 Å². The molecule has 0 saturated heterocycles. The van der Waals surface area contributed by atoms with Crippen molar-refractivity contribution in [3.8, 4) is 5.75 Å². The summed E-state index contributed by atoms with van der Waals surface area (Å²) in [4.78, 5) is 23.9. The number of amides is 2. The third-order valence-corrected chi connectivity index (χ3v) is 3.77. The lowest BCUT2D eigenvalue weighted by Gasteiger charge is -2.18. The van der Waals surface area contributed by atoms with E-state index < -0.39 is 18.2 Å². The predicted molar refractivity (Wildman–Crippen MR) is 101 cm³/mol. The van der Waals surface area contributed by atoms with Crippen LogP contribution in [0.5, 0.6) is 5.75 Å². The molecule has 0 saturated carbocycles. The molecule has 2 aromatic carbocycles. The SMILES string of the molecule is COC(=O)c1ccccc1NC(=O)NC(C)Oc1ccc(C(C)C)cc1. The molecule has 0 bridgehead atoms. The highest BCUT2D eigenvalue weighted by Gasteiger charge is 2.14. The van der Waals surface area contributed by atoms with Gasteiger partial charge in [0.15, 0.2) is 6.23 Å². The van der Waals surface area contributed by atoms with Crippen molar-refractivity contribution in [2.75, 3.05) is 12.4 Å². The van der Waals surface area contributed by atoms with Gasteiger partial charge in [0, 0.05) is 0 Å². The second-order valence-corrected chi connectivity index (χ2v) is 6.12. The van der Waals surface area contributed by atoms with Crippen LogP contribution in [-0.2, 0) is 4.74 Å². The predicted octanol–water partition coefficient (Wildman–Crippen LogP) is 4.14. The molecular formula is C20H24N2O4. The van der Waals surface area contributed by atoms with E-state index in [1.807, 2.05) is 24.3 Å². The Kier molecular flexibility index (Phi) is 6.60. The van der Waals surface area contributed by atoms with Crippen molar-refractivity contribution in [1.29, 1.82) is 0 Å². The number of carbonyl (C=O) groups excluding carboxylic acids is 2. The van der Waals surface area contributed by atoms with Crippen LogP contribution in [0.25, 0.3) is 0 Å². The summed E-state index contributed by atoms with van der Waals surface area (Å²) in [5.74, 6) is 0.591. The quantitative estimate of drug-likeness (QED) is 0.602. The molecule has 2 amide bonds. The number of anilines is 1. The molecule has 0 fully saturated rings. The first-order chi connectivity index (χ1) is 12.4. The van der Waals surface area contributed by atoms with Crippen LogP contribution in [0.4, 0.5) is 10.5 Å². The van der Waals surface area contributed by atoms with Crippen LogP contribution >= 0.6 is 0 Å². The summed E-state index contributed by atoms with van der Waals surface area (Å²) in [6, 6.07) is 13.9. The lowest BCUT2D eigenvalue weighted by molar-refractivity contribution is 0.0602. The van der Waals surface area contributed by atoms with Gasteiger partial charge in [-0.25, -0.2) is 9.59 Å². The van der Waals surface area contributed by atoms with Gasteiger partial charge in [-0.3, -0.25) is 0 Å². The van der Waals surface area contributed by atoms with E-state index in [0.717, 1.165) is 0 Å². The third kappa shape index (κ3) is 5.24. The normalized spacial score (nSPS) is 11.6. The van der Waals surface area contributed by atoms with E-state index in [4.69, 9.17) is 9.47 Å². The first kappa shape index (κ1) is 19.3. The lowest BCUT2D eigenvalue weighted by Crippen LogP contribution is -2.39. The molecule has 6 heteroatoms. The summed E-state index contributed by atoms with van der Waals surface area (Å²) in [6.07, 6.45) is -0.551. The van der Waals surface area contributed by atoms with Crippen LogP contribution < -0.4 is 15.4 Å². The fourth-order valence-electron chi connectivity index (χ4n) is 2.39. The smallest absolute Gasteiger partial charge is 0.339 e. The van der Waals surface area contributed by atoms with Crippen molar-refractivity contribution in [2.24, 2.45) is 0 Å². The van der Waals surface area contributed by atoms with Crippen LogP contribution in [-0.4, -0.2) is 25.3 Å². The Morgan fingerprint density at radius 2 is 1.62 bits per heavy atom. The number of rotatable bonds is 6. The van der Waals surface area contributed by atoms with Gasteiger partial charge >= 0.3 is 12.0 Å². The monoisotopic (exact) mass is 356 g/mol. The topological polar surface area (TPSA) is 76.7 Å². The summed E-state index contributed by atoms with van der Waals surface area (Å²) in [6.45, 7) is 5.97. The van der Waals surface area contributed by atoms with E-state index >= 15 is 0 Å². The fourth-order valence-corrected chi connectivity index (χ4v) is 2.39. The zero-order valence-corrected chi connectivity index (χ0v) is 15.4. The molecule has 1 atom stereocenters. The van der Waals surface area contributed by atoms with E-state index in [9.17, 15) is 9.59 Å². The summed E-state index contributed by atoms with van der Waals surface area (Å²) >= 11 is 0. The minimum Gasteiger partial charge on any atom is -0.471 e. The van der Waals surface area contributed by atoms with E-state index in [1.54, 1.807) is 31.2 Å². The Morgan fingerprint density at radius 1 is 0.962 bits per heavy atom. The van der Waals surface area contributed by atoms with Gasteiger partial charge in [-0.1, -0.05) is 38.1 Å². The standard InChI is InChI=1S/C20H24N2O4/c1-13(2)15-9-11-16(12-10-15)26-14(3)21-20(24)22-18-8-6-5-7-17(18)19(23)25-4/h5-14H,1-4H3,(H2,21,22,24). The molecule has 138 valence electrons. The molecule has 0 aromatic heterocycles. The summed E-state index contributed by atoms with van der Waals surface area (Å²) < 4.78 is 10.4. The van der Waals surface area contributed by atoms with Crippen LogP contribution in [0.2, 0.25) is 0 Å². The zero-order valence-electron chi connectivity index (χ0n) is 15.4. The molecule has 2 N–H and O–H groups in total. The van der Waals surface area contributed by atoms with Crippen LogP contribution in [0.3, 0.4) is 0 Å². The average molecular weight is 356 g/mol. The second-order valence-electron chi connectivity index (χ2n) is 6.12. The molecular weight excluding hydrogens is 332 g/mol. The Hall–Kier alpha value is -3.02. The molecule has 0 radical (unpaired) electrons. The van der Waals surface area contributed by atoms with Crippen molar-refractivity contribution in [2.45, 2.75) is 32.9 Å². The number of benzene rings is 2. The minimum absolute atomic E-state index is 0.281. The average Bonchev–Trinajstić information content (AvgIpc) is 2.61. The number of carbonyl (C=O) groups is 2. The van der Waals surface area contributed by atoms with Crippen molar-refractivity contribution in [3.63, 3.8) is 0 Å². The highest BCUT2D eigenvalue weighted by atomic mass is 16.5. The van der Waals surface area contributed by atoms with Gasteiger partial charge < -0.3 is 20.1 Å². The van der Waals surface area contributed by atoms with Crippen LogP contribution in [0.1, 0.15) is 42.6 Å². The zero-order chi connectivity index (χ0) is 19.1. The summed E-state index contributed by atoms with van der Waals surface area (Å²) in [5.41, 5.74) is 1.86. The maximum absolute atomic E-state index is 12.2. The third-order valence-electron chi connectivity index (χ3n) is 3.77. The molecule has 2 aromatic rings. The number of hydrogen-bond acceptors (Lipinski definition) is 4. The number of ether oxygens (including phenoxy) is 2. The van der Waals surface area contributed by atoms with E-state index in [2.05, 4.69) is 24.5 Å². The summed E-state index contributed by atoms with van der Waals surface area (Å²) in [7, 11) is 1.29. The van der Waals surface area contributed by atoms with Gasteiger partial charge in [-0.15, -0.1) is 0 Å². The Bertz CT molecular complexity index is 757. The number of para-hydroxylation sites is 1. The van der Waals surface area contributed by atoms with Gasteiger partial charge in [0.05, 0.1) is 18.4 Å². The van der Waals surface area contributed by atoms with Crippen molar-refractivity contribution >= 4 is 17.7 Å². The largest absolute Gasteiger partial charge is 0.471 e. The summed E-state index contributed by atoms with van der Waals surface area (Å²) in [5, 5.41) is 5.31. The molecule has 6 nitrogen and oxygen atoms in total. The van der Waals surface area contributed by atoms with E-state index in [1.165, 1.54) is 12.7 Å². The number of nitrogens with one attached hydrogen (secondary N) is 2. The number of esters is 1. The minimum atomic E-state index is -0.551. The molecule has 26 heavy (non-hydrogen) atoms. The maximum atomic E-state index is 12.2. The van der Waals surface area contributed by atoms with Crippen molar-refractivity contribution in [3.05, 3.63) is 59.7 Å². The molecule has 2 rings (SSSR count). The van der Waals surface area contributed by atoms with Gasteiger partial charge in [0.25, 0.3) is 0 Å². The van der Waals surface area contributed by atoms with Crippen molar-refractivity contribution in [1.82, 2.24) is 5.32 Å². The maximum Gasteiger partial charge on any atom is 0.339 e. The van der Waals surface area contributed by atoms with Crippen LogP contribution in [0.15, 0.2) is 48.5 Å². The van der Waals surface area contributed by atoms with Gasteiger partial charge in [0.1, 0.15) is 5.75 Å². The molecule has 1 unspecified atom stereocenters. The van der Waals surface area contributed by atoms with E-state index in [0.29, 0.717) is 17.4 Å². The molecule has 0 spiro atoms. The van der Waals surface area contributed by atoms with E-state index in [-0.39, 0.29) is 5.56 Å². The van der Waals surface area contributed by atoms with Gasteiger partial charge in [-0.05, 0) is 42.7 Å². The number of hydrogen-bond donors (Lipinski definition) is 2. The molecule has 0 aliphatic rings. The fraction of sp³-hybridized carbons (Fsp3) is 0.300.